The van der Waals surface area contributed by atoms with Crippen LogP contribution in [0.1, 0.15) is 37.7 Å². The standard InChI is InChI=1S/C12H15IO2/c1-2-3-6-10(12(14)15)9-7-4-5-8-11(9)13/h4-5,7-8,10H,2-3,6H2,1H3,(H,14,15). The van der Waals surface area contributed by atoms with Gasteiger partial charge >= 0.3 is 5.97 Å². The van der Waals surface area contributed by atoms with Gasteiger partial charge in [0.2, 0.25) is 0 Å². The molecule has 1 rings (SSSR count). The Bertz CT molecular complexity index is 336. The Labute approximate surface area is 104 Å². The van der Waals surface area contributed by atoms with Crippen LogP contribution < -0.4 is 0 Å². The van der Waals surface area contributed by atoms with E-state index in [1.54, 1.807) is 0 Å². The van der Waals surface area contributed by atoms with Gasteiger partial charge < -0.3 is 5.11 Å². The molecule has 0 saturated carbocycles. The van der Waals surface area contributed by atoms with Crippen molar-refractivity contribution in [2.24, 2.45) is 0 Å². The summed E-state index contributed by atoms with van der Waals surface area (Å²) in [4.78, 5) is 11.2. The summed E-state index contributed by atoms with van der Waals surface area (Å²) in [7, 11) is 0. The number of halogens is 1. The van der Waals surface area contributed by atoms with E-state index < -0.39 is 5.97 Å². The molecule has 0 aromatic heterocycles. The fourth-order valence-electron chi connectivity index (χ4n) is 1.58. The van der Waals surface area contributed by atoms with Crippen LogP contribution in [0.4, 0.5) is 0 Å². The molecule has 0 radical (unpaired) electrons. The number of carboxylic acid groups (broad SMARTS) is 1. The number of rotatable bonds is 5. The van der Waals surface area contributed by atoms with E-state index in [4.69, 9.17) is 0 Å². The summed E-state index contributed by atoms with van der Waals surface area (Å²) in [6.07, 6.45) is 2.72. The lowest BCUT2D eigenvalue weighted by Crippen LogP contribution is -2.12. The molecule has 1 atom stereocenters. The van der Waals surface area contributed by atoms with E-state index in [9.17, 15) is 9.90 Å². The number of carboxylic acids is 1. The van der Waals surface area contributed by atoms with Crippen LogP contribution in [0.2, 0.25) is 0 Å². The lowest BCUT2D eigenvalue weighted by molar-refractivity contribution is -0.139. The normalized spacial score (nSPS) is 12.4. The maximum Gasteiger partial charge on any atom is 0.311 e. The zero-order chi connectivity index (χ0) is 11.3. The van der Waals surface area contributed by atoms with Crippen LogP contribution in [-0.2, 0) is 4.79 Å². The lowest BCUT2D eigenvalue weighted by atomic mass is 9.94. The van der Waals surface area contributed by atoms with Crippen molar-refractivity contribution in [3.63, 3.8) is 0 Å². The van der Waals surface area contributed by atoms with Gasteiger partial charge in [0.1, 0.15) is 0 Å². The van der Waals surface area contributed by atoms with Crippen LogP contribution in [0, 0.1) is 3.57 Å². The van der Waals surface area contributed by atoms with Gasteiger partial charge in [0, 0.05) is 3.57 Å². The van der Waals surface area contributed by atoms with E-state index in [-0.39, 0.29) is 5.92 Å². The first-order valence-corrected chi connectivity index (χ1v) is 6.22. The fraction of sp³-hybridized carbons (Fsp3) is 0.417. The Kier molecular flexibility index (Phi) is 5.08. The molecule has 2 nitrogen and oxygen atoms in total. The Morgan fingerprint density at radius 2 is 2.13 bits per heavy atom. The largest absolute Gasteiger partial charge is 0.481 e. The van der Waals surface area contributed by atoms with Gasteiger partial charge in [-0.1, -0.05) is 38.0 Å². The molecule has 0 saturated heterocycles. The Hall–Kier alpha value is -0.580. The van der Waals surface area contributed by atoms with Gasteiger partial charge in [0.05, 0.1) is 5.92 Å². The summed E-state index contributed by atoms with van der Waals surface area (Å²) in [5, 5.41) is 9.17. The smallest absolute Gasteiger partial charge is 0.311 e. The second-order valence-corrected chi connectivity index (χ2v) is 4.72. The number of benzene rings is 1. The van der Waals surface area contributed by atoms with Crippen LogP contribution in [0.15, 0.2) is 24.3 Å². The van der Waals surface area contributed by atoms with Crippen molar-refractivity contribution in [2.75, 3.05) is 0 Å². The van der Waals surface area contributed by atoms with E-state index in [0.29, 0.717) is 0 Å². The molecule has 1 aromatic rings. The molecule has 0 aliphatic carbocycles. The van der Waals surface area contributed by atoms with Crippen molar-refractivity contribution in [1.29, 1.82) is 0 Å². The minimum absolute atomic E-state index is 0.349. The SMILES string of the molecule is CCCCC(C(=O)O)c1ccccc1I. The monoisotopic (exact) mass is 318 g/mol. The highest BCUT2D eigenvalue weighted by Crippen LogP contribution is 2.26. The van der Waals surface area contributed by atoms with Crippen molar-refractivity contribution in [2.45, 2.75) is 32.1 Å². The zero-order valence-corrected chi connectivity index (χ0v) is 10.9. The summed E-state index contributed by atoms with van der Waals surface area (Å²) in [5.41, 5.74) is 0.944. The molecule has 0 aliphatic rings. The van der Waals surface area contributed by atoms with Crippen molar-refractivity contribution in [3.8, 4) is 0 Å². The zero-order valence-electron chi connectivity index (χ0n) is 8.74. The number of unbranched alkanes of at least 4 members (excludes halogenated alkanes) is 1. The second kappa shape index (κ2) is 6.10. The molecular formula is C12H15IO2. The highest BCUT2D eigenvalue weighted by molar-refractivity contribution is 14.1. The minimum Gasteiger partial charge on any atom is -0.481 e. The summed E-state index contributed by atoms with van der Waals surface area (Å²) < 4.78 is 1.04. The Balaban J connectivity index is 2.89. The highest BCUT2D eigenvalue weighted by Gasteiger charge is 2.20. The van der Waals surface area contributed by atoms with Crippen LogP contribution in [0.3, 0.4) is 0 Å². The Morgan fingerprint density at radius 1 is 1.47 bits per heavy atom. The van der Waals surface area contributed by atoms with E-state index >= 15 is 0 Å². The van der Waals surface area contributed by atoms with Crippen LogP contribution in [-0.4, -0.2) is 11.1 Å². The van der Waals surface area contributed by atoms with Gasteiger partial charge in [0.15, 0.2) is 0 Å². The maximum absolute atomic E-state index is 11.2. The van der Waals surface area contributed by atoms with Crippen LogP contribution in [0.5, 0.6) is 0 Å². The second-order valence-electron chi connectivity index (χ2n) is 3.55. The summed E-state index contributed by atoms with van der Waals surface area (Å²) in [6.45, 7) is 2.08. The number of hydrogen-bond donors (Lipinski definition) is 1. The van der Waals surface area contributed by atoms with Crippen LogP contribution in [0.25, 0.3) is 0 Å². The predicted molar refractivity (Wildman–Crippen MR) is 69.1 cm³/mol. The molecule has 1 aromatic carbocycles. The summed E-state index contributed by atoms with van der Waals surface area (Å²) >= 11 is 2.20. The number of carbonyl (C=O) groups is 1. The molecule has 0 fully saturated rings. The molecule has 82 valence electrons. The van der Waals surface area contributed by atoms with Gasteiger partial charge in [0.25, 0.3) is 0 Å². The minimum atomic E-state index is -0.715. The first-order valence-electron chi connectivity index (χ1n) is 5.14. The topological polar surface area (TPSA) is 37.3 Å². The van der Waals surface area contributed by atoms with Gasteiger partial charge in [-0.05, 0) is 40.6 Å². The van der Waals surface area contributed by atoms with Gasteiger partial charge in [-0.15, -0.1) is 0 Å². The molecule has 3 heteroatoms. The number of hydrogen-bond acceptors (Lipinski definition) is 1. The number of aliphatic carboxylic acids is 1. The summed E-state index contributed by atoms with van der Waals surface area (Å²) in [5.74, 6) is -1.06. The molecule has 0 spiro atoms. The highest BCUT2D eigenvalue weighted by atomic mass is 127. The van der Waals surface area contributed by atoms with Gasteiger partial charge in [-0.25, -0.2) is 0 Å². The predicted octanol–water partition coefficient (Wildman–Crippen LogP) is 3.65. The molecule has 0 aliphatic heterocycles. The molecule has 0 heterocycles. The van der Waals surface area contributed by atoms with E-state index in [1.807, 2.05) is 24.3 Å². The molecule has 0 bridgehead atoms. The van der Waals surface area contributed by atoms with Crippen molar-refractivity contribution in [3.05, 3.63) is 33.4 Å². The quantitative estimate of drug-likeness (QED) is 0.842. The third-order valence-corrected chi connectivity index (χ3v) is 3.41. The third kappa shape index (κ3) is 3.48. The summed E-state index contributed by atoms with van der Waals surface area (Å²) in [6, 6.07) is 7.71. The average molecular weight is 318 g/mol. The lowest BCUT2D eigenvalue weighted by Gasteiger charge is -2.13. The van der Waals surface area contributed by atoms with Gasteiger partial charge in [-0.2, -0.15) is 0 Å². The molecular weight excluding hydrogens is 303 g/mol. The maximum atomic E-state index is 11.2. The van der Waals surface area contributed by atoms with Crippen molar-refractivity contribution >= 4 is 28.6 Å². The van der Waals surface area contributed by atoms with E-state index in [2.05, 4.69) is 29.5 Å². The Morgan fingerprint density at radius 3 is 2.67 bits per heavy atom. The average Bonchev–Trinajstić information content (AvgIpc) is 2.20. The van der Waals surface area contributed by atoms with Crippen molar-refractivity contribution in [1.82, 2.24) is 0 Å². The van der Waals surface area contributed by atoms with Gasteiger partial charge in [-0.3, -0.25) is 4.79 Å². The third-order valence-electron chi connectivity index (χ3n) is 2.43. The molecule has 15 heavy (non-hydrogen) atoms. The molecule has 0 amide bonds. The fourth-order valence-corrected chi connectivity index (χ4v) is 2.34. The molecule has 1 unspecified atom stereocenters. The van der Waals surface area contributed by atoms with Crippen LogP contribution >= 0.6 is 22.6 Å². The van der Waals surface area contributed by atoms with E-state index in [1.165, 1.54) is 0 Å². The first kappa shape index (κ1) is 12.5. The first-order chi connectivity index (χ1) is 7.16. The van der Waals surface area contributed by atoms with Crippen molar-refractivity contribution < 1.29 is 9.90 Å². The molecule has 1 N–H and O–H groups in total. The van der Waals surface area contributed by atoms with E-state index in [0.717, 1.165) is 28.4 Å².